The second-order valence-electron chi connectivity index (χ2n) is 6.07. The molecule has 2 aliphatic rings. The molecule has 1 saturated heterocycles. The zero-order chi connectivity index (χ0) is 16.4. The minimum absolute atomic E-state index is 0.00909. The van der Waals surface area contributed by atoms with Crippen molar-refractivity contribution in [3.8, 4) is 0 Å². The van der Waals surface area contributed by atoms with Crippen LogP contribution in [0.25, 0.3) is 0 Å². The molecule has 6 heteroatoms. The molecule has 2 heterocycles. The molecule has 122 valence electrons. The molecule has 6 nitrogen and oxygen atoms in total. The summed E-state index contributed by atoms with van der Waals surface area (Å²) < 4.78 is 0. The van der Waals surface area contributed by atoms with Gasteiger partial charge in [0.15, 0.2) is 0 Å². The van der Waals surface area contributed by atoms with Crippen LogP contribution in [0.3, 0.4) is 0 Å². The number of rotatable bonds is 4. The highest BCUT2D eigenvalue weighted by molar-refractivity contribution is 5.96. The van der Waals surface area contributed by atoms with Crippen molar-refractivity contribution in [2.24, 2.45) is 5.92 Å². The maximum atomic E-state index is 12.3. The standard InChI is InChI=1S/C17H21N3O3/c1-2-19-11-20(10-16(19)22)15(21)8-7-13-9-12-5-3-4-6-14(12)18-17(13)23/h3-6,13H,2,7-11H2,1H3,(H,18,23). The Bertz CT molecular complexity index is 644. The van der Waals surface area contributed by atoms with Gasteiger partial charge in [0.05, 0.1) is 6.67 Å². The predicted molar refractivity (Wildman–Crippen MR) is 85.5 cm³/mol. The highest BCUT2D eigenvalue weighted by Crippen LogP contribution is 2.27. The average Bonchev–Trinajstić information content (AvgIpc) is 2.93. The summed E-state index contributed by atoms with van der Waals surface area (Å²) in [6.45, 7) is 3.04. The topological polar surface area (TPSA) is 69.7 Å². The van der Waals surface area contributed by atoms with Crippen molar-refractivity contribution >= 4 is 23.4 Å². The molecule has 0 radical (unpaired) electrons. The van der Waals surface area contributed by atoms with Crippen molar-refractivity contribution in [2.45, 2.75) is 26.2 Å². The van der Waals surface area contributed by atoms with E-state index >= 15 is 0 Å². The van der Waals surface area contributed by atoms with Crippen LogP contribution in [0.2, 0.25) is 0 Å². The van der Waals surface area contributed by atoms with Crippen molar-refractivity contribution in [1.29, 1.82) is 0 Å². The Balaban J connectivity index is 1.56. The van der Waals surface area contributed by atoms with Crippen LogP contribution >= 0.6 is 0 Å². The van der Waals surface area contributed by atoms with Gasteiger partial charge >= 0.3 is 0 Å². The van der Waals surface area contributed by atoms with Crippen LogP contribution in [-0.2, 0) is 20.8 Å². The van der Waals surface area contributed by atoms with Crippen molar-refractivity contribution in [3.63, 3.8) is 0 Å². The second-order valence-corrected chi connectivity index (χ2v) is 6.07. The van der Waals surface area contributed by atoms with E-state index in [0.29, 0.717) is 32.5 Å². The second kappa shape index (κ2) is 6.40. The zero-order valence-electron chi connectivity index (χ0n) is 13.2. The lowest BCUT2D eigenvalue weighted by molar-refractivity contribution is -0.132. The molecular weight excluding hydrogens is 294 g/mol. The third kappa shape index (κ3) is 3.21. The van der Waals surface area contributed by atoms with Crippen molar-refractivity contribution in [2.75, 3.05) is 25.1 Å². The third-order valence-corrected chi connectivity index (χ3v) is 4.57. The smallest absolute Gasteiger partial charge is 0.243 e. The van der Waals surface area contributed by atoms with E-state index in [1.807, 2.05) is 31.2 Å². The van der Waals surface area contributed by atoms with Crippen LogP contribution in [0, 0.1) is 5.92 Å². The number of hydrogen-bond donors (Lipinski definition) is 1. The van der Waals surface area contributed by atoms with Gasteiger partial charge in [0.1, 0.15) is 6.54 Å². The number of fused-ring (bicyclic) bond motifs is 1. The molecule has 0 aliphatic carbocycles. The first-order valence-electron chi connectivity index (χ1n) is 8.02. The van der Waals surface area contributed by atoms with Gasteiger partial charge in [-0.05, 0) is 31.4 Å². The summed E-state index contributed by atoms with van der Waals surface area (Å²) in [5.74, 6) is -0.273. The van der Waals surface area contributed by atoms with Crippen LogP contribution in [0.5, 0.6) is 0 Å². The molecule has 0 bridgehead atoms. The fourth-order valence-corrected chi connectivity index (χ4v) is 3.14. The first kappa shape index (κ1) is 15.5. The minimum atomic E-state index is -0.186. The lowest BCUT2D eigenvalue weighted by atomic mass is 9.89. The third-order valence-electron chi connectivity index (χ3n) is 4.57. The molecule has 1 N–H and O–H groups in total. The quantitative estimate of drug-likeness (QED) is 0.908. The average molecular weight is 315 g/mol. The molecule has 3 amide bonds. The van der Waals surface area contributed by atoms with Gasteiger partial charge < -0.3 is 15.1 Å². The molecule has 1 aromatic rings. The number of benzene rings is 1. The number of nitrogens with one attached hydrogen (secondary N) is 1. The summed E-state index contributed by atoms with van der Waals surface area (Å²) in [7, 11) is 0. The number of para-hydroxylation sites is 1. The number of hydrogen-bond acceptors (Lipinski definition) is 3. The Morgan fingerprint density at radius 1 is 1.30 bits per heavy atom. The number of amides is 3. The van der Waals surface area contributed by atoms with Crippen LogP contribution in [0.15, 0.2) is 24.3 Å². The summed E-state index contributed by atoms with van der Waals surface area (Å²) in [4.78, 5) is 39.3. The number of likely N-dealkylation sites (N-methyl/N-ethyl adjacent to an activating group) is 1. The Kier molecular flexibility index (Phi) is 4.32. The maximum absolute atomic E-state index is 12.3. The Morgan fingerprint density at radius 2 is 2.09 bits per heavy atom. The summed E-state index contributed by atoms with van der Waals surface area (Å²) in [6, 6.07) is 7.74. The van der Waals surface area contributed by atoms with E-state index in [2.05, 4.69) is 5.32 Å². The van der Waals surface area contributed by atoms with E-state index in [0.717, 1.165) is 11.3 Å². The van der Waals surface area contributed by atoms with Gasteiger partial charge in [0, 0.05) is 24.6 Å². The van der Waals surface area contributed by atoms with Gasteiger partial charge in [-0.3, -0.25) is 14.4 Å². The Labute approximate surface area is 135 Å². The van der Waals surface area contributed by atoms with Gasteiger partial charge in [0.2, 0.25) is 17.7 Å². The molecule has 1 unspecified atom stereocenters. The molecule has 0 aromatic heterocycles. The van der Waals surface area contributed by atoms with Crippen LogP contribution in [0.1, 0.15) is 25.3 Å². The summed E-state index contributed by atoms with van der Waals surface area (Å²) in [5.41, 5.74) is 1.97. The number of nitrogens with zero attached hydrogens (tertiary/aromatic N) is 2. The first-order valence-corrected chi connectivity index (χ1v) is 8.02. The SMILES string of the molecule is CCN1CN(C(=O)CCC2Cc3ccccc3NC2=O)CC1=O. The first-order chi connectivity index (χ1) is 11.1. The van der Waals surface area contributed by atoms with E-state index in [4.69, 9.17) is 0 Å². The van der Waals surface area contributed by atoms with Gasteiger partial charge in [-0.1, -0.05) is 18.2 Å². The fraction of sp³-hybridized carbons (Fsp3) is 0.471. The molecule has 0 saturated carbocycles. The fourth-order valence-electron chi connectivity index (χ4n) is 3.14. The number of anilines is 1. The monoisotopic (exact) mass is 315 g/mol. The van der Waals surface area contributed by atoms with E-state index in [-0.39, 0.29) is 30.2 Å². The summed E-state index contributed by atoms with van der Waals surface area (Å²) >= 11 is 0. The molecule has 23 heavy (non-hydrogen) atoms. The number of carbonyl (C=O) groups excluding carboxylic acids is 3. The molecule has 3 rings (SSSR count). The zero-order valence-corrected chi connectivity index (χ0v) is 13.2. The van der Waals surface area contributed by atoms with Crippen molar-refractivity contribution in [3.05, 3.63) is 29.8 Å². The highest BCUT2D eigenvalue weighted by Gasteiger charge is 2.31. The predicted octanol–water partition coefficient (Wildman–Crippen LogP) is 1.23. The van der Waals surface area contributed by atoms with Gasteiger partial charge in [-0.15, -0.1) is 0 Å². The largest absolute Gasteiger partial charge is 0.326 e. The maximum Gasteiger partial charge on any atom is 0.243 e. The van der Waals surface area contributed by atoms with Crippen molar-refractivity contribution < 1.29 is 14.4 Å². The van der Waals surface area contributed by atoms with E-state index in [9.17, 15) is 14.4 Å². The van der Waals surface area contributed by atoms with E-state index in [1.54, 1.807) is 9.80 Å². The van der Waals surface area contributed by atoms with E-state index < -0.39 is 0 Å². The molecule has 2 aliphatic heterocycles. The van der Waals surface area contributed by atoms with Gasteiger partial charge in [0.25, 0.3) is 0 Å². The van der Waals surface area contributed by atoms with Crippen molar-refractivity contribution in [1.82, 2.24) is 9.80 Å². The molecule has 1 atom stereocenters. The van der Waals surface area contributed by atoms with Crippen LogP contribution < -0.4 is 5.32 Å². The Hall–Kier alpha value is -2.37. The highest BCUT2D eigenvalue weighted by atomic mass is 16.2. The molecular formula is C17H21N3O3. The summed E-state index contributed by atoms with van der Waals surface area (Å²) in [5, 5.41) is 2.90. The summed E-state index contributed by atoms with van der Waals surface area (Å²) in [6.07, 6.45) is 1.47. The van der Waals surface area contributed by atoms with Gasteiger partial charge in [-0.2, -0.15) is 0 Å². The number of carbonyl (C=O) groups is 3. The van der Waals surface area contributed by atoms with E-state index in [1.165, 1.54) is 0 Å². The van der Waals surface area contributed by atoms with Crippen LogP contribution in [-0.4, -0.2) is 47.3 Å². The lowest BCUT2D eigenvalue weighted by Crippen LogP contribution is -2.34. The molecule has 1 aromatic carbocycles. The molecule has 0 spiro atoms. The minimum Gasteiger partial charge on any atom is -0.326 e. The normalized spacial score (nSPS) is 20.5. The van der Waals surface area contributed by atoms with Gasteiger partial charge in [-0.25, -0.2) is 0 Å². The van der Waals surface area contributed by atoms with Crippen LogP contribution in [0.4, 0.5) is 5.69 Å². The lowest BCUT2D eigenvalue weighted by Gasteiger charge is -2.25. The molecule has 1 fully saturated rings. The Morgan fingerprint density at radius 3 is 2.83 bits per heavy atom.